The Labute approximate surface area is 202 Å². The predicted molar refractivity (Wildman–Crippen MR) is 143 cm³/mol. The average Bonchev–Trinajstić information content (AvgIpc) is 2.83. The molecule has 0 N–H and O–H groups in total. The molecule has 0 aliphatic carbocycles. The Morgan fingerprint density at radius 1 is 0.727 bits per heavy atom. The van der Waals surface area contributed by atoms with E-state index in [1.807, 2.05) is 28.8 Å². The van der Waals surface area contributed by atoms with Crippen molar-refractivity contribution < 1.29 is 0 Å². The second-order valence-electron chi connectivity index (χ2n) is 9.63. The van der Waals surface area contributed by atoms with Gasteiger partial charge in [0.25, 0.3) is 5.56 Å². The number of hydrogen-bond acceptors (Lipinski definition) is 3. The predicted octanol–water partition coefficient (Wildman–Crippen LogP) is 7.37. The van der Waals surface area contributed by atoms with Crippen LogP contribution in [-0.2, 0) is 13.0 Å². The first-order valence-corrected chi connectivity index (χ1v) is 13.9. The number of benzene rings is 1. The minimum atomic E-state index is 0.146. The summed E-state index contributed by atoms with van der Waals surface area (Å²) in [5.41, 5.74) is 0.992. The Kier molecular flexibility index (Phi) is 14.1. The summed E-state index contributed by atoms with van der Waals surface area (Å²) < 4.78 is 1.99. The highest BCUT2D eigenvalue weighted by Crippen LogP contribution is 2.13. The van der Waals surface area contributed by atoms with Crippen molar-refractivity contribution >= 4 is 10.9 Å². The van der Waals surface area contributed by atoms with Crippen LogP contribution in [0.2, 0.25) is 0 Å². The molecular weight excluding hydrogens is 406 g/mol. The fourth-order valence-corrected chi connectivity index (χ4v) is 4.60. The van der Waals surface area contributed by atoms with Crippen LogP contribution >= 0.6 is 0 Å². The average molecular weight is 456 g/mol. The van der Waals surface area contributed by atoms with E-state index in [0.717, 1.165) is 49.1 Å². The fraction of sp³-hybridized carbons (Fsp3) is 0.724. The third kappa shape index (κ3) is 10.00. The summed E-state index contributed by atoms with van der Waals surface area (Å²) in [5, 5.41) is 0.758. The van der Waals surface area contributed by atoms with Gasteiger partial charge in [-0.1, -0.05) is 90.7 Å². The molecule has 2 rings (SSSR count). The molecule has 186 valence electrons. The summed E-state index contributed by atoms with van der Waals surface area (Å²) in [4.78, 5) is 20.8. The fourth-order valence-electron chi connectivity index (χ4n) is 4.60. The lowest BCUT2D eigenvalue weighted by Gasteiger charge is -2.22. The van der Waals surface area contributed by atoms with Crippen LogP contribution in [0.25, 0.3) is 10.9 Å². The molecule has 0 saturated carbocycles. The highest BCUT2D eigenvalue weighted by molar-refractivity contribution is 5.77. The van der Waals surface area contributed by atoms with Gasteiger partial charge in [-0.25, -0.2) is 4.98 Å². The van der Waals surface area contributed by atoms with Gasteiger partial charge in [0, 0.05) is 13.0 Å². The molecule has 0 aliphatic heterocycles. The van der Waals surface area contributed by atoms with Gasteiger partial charge in [-0.05, 0) is 57.5 Å². The monoisotopic (exact) mass is 455 g/mol. The first kappa shape index (κ1) is 27.6. The van der Waals surface area contributed by atoms with Gasteiger partial charge in [0.15, 0.2) is 0 Å². The van der Waals surface area contributed by atoms with Crippen LogP contribution in [0.3, 0.4) is 0 Å². The van der Waals surface area contributed by atoms with Crippen molar-refractivity contribution in [1.29, 1.82) is 0 Å². The summed E-state index contributed by atoms with van der Waals surface area (Å²) in [6.07, 6.45) is 17.2. The lowest BCUT2D eigenvalue weighted by atomic mass is 10.1. The molecule has 0 unspecified atom stereocenters. The minimum absolute atomic E-state index is 0.146. The topological polar surface area (TPSA) is 38.1 Å². The number of fused-ring (bicyclic) bond motifs is 1. The van der Waals surface area contributed by atoms with Crippen molar-refractivity contribution in [3.8, 4) is 0 Å². The van der Waals surface area contributed by atoms with Crippen LogP contribution in [0.1, 0.15) is 110 Å². The van der Waals surface area contributed by atoms with Gasteiger partial charge in [0.05, 0.1) is 10.9 Å². The molecule has 1 aromatic carbocycles. The van der Waals surface area contributed by atoms with E-state index in [1.165, 1.54) is 83.7 Å². The maximum Gasteiger partial charge on any atom is 0.261 e. The van der Waals surface area contributed by atoms with E-state index < -0.39 is 0 Å². The lowest BCUT2D eigenvalue weighted by molar-refractivity contribution is 0.261. The number of unbranched alkanes of at least 4 members (excludes halogenated alkanes) is 9. The maximum absolute atomic E-state index is 13.3. The van der Waals surface area contributed by atoms with Crippen molar-refractivity contribution in [1.82, 2.24) is 14.5 Å². The minimum Gasteiger partial charge on any atom is -0.303 e. The van der Waals surface area contributed by atoms with E-state index in [1.54, 1.807) is 0 Å². The normalized spacial score (nSPS) is 11.6. The zero-order valence-corrected chi connectivity index (χ0v) is 21.8. The largest absolute Gasteiger partial charge is 0.303 e. The number of nitrogens with zero attached hydrogens (tertiary/aromatic N) is 3. The van der Waals surface area contributed by atoms with Gasteiger partial charge < -0.3 is 4.90 Å². The molecule has 0 amide bonds. The van der Waals surface area contributed by atoms with Gasteiger partial charge in [-0.2, -0.15) is 0 Å². The molecule has 4 heteroatoms. The van der Waals surface area contributed by atoms with Crippen molar-refractivity contribution in [2.24, 2.45) is 0 Å². The first-order valence-electron chi connectivity index (χ1n) is 13.9. The number of aryl methyl sites for hydroxylation is 1. The maximum atomic E-state index is 13.3. The third-order valence-corrected chi connectivity index (χ3v) is 6.71. The smallest absolute Gasteiger partial charge is 0.261 e. The Balaban J connectivity index is 1.99. The standard InChI is InChI=1S/C29H49N3O/c1-4-7-10-11-12-13-14-17-25-32-28(30-27-20-16-15-19-26(27)29(32)33)21-18-24-31(22-8-5-2)23-9-6-3/h15-16,19-20H,4-14,17-18,21-25H2,1-3H3. The van der Waals surface area contributed by atoms with E-state index in [-0.39, 0.29) is 5.56 Å². The van der Waals surface area contributed by atoms with Crippen molar-refractivity contribution in [2.45, 2.75) is 117 Å². The Bertz CT molecular complexity index is 821. The molecule has 0 atom stereocenters. The zero-order valence-electron chi connectivity index (χ0n) is 21.8. The number of hydrogen-bond donors (Lipinski definition) is 0. The molecule has 0 saturated heterocycles. The van der Waals surface area contributed by atoms with E-state index in [9.17, 15) is 4.79 Å². The van der Waals surface area contributed by atoms with E-state index in [0.29, 0.717) is 0 Å². The van der Waals surface area contributed by atoms with Crippen LogP contribution in [-0.4, -0.2) is 34.1 Å². The molecule has 0 radical (unpaired) electrons. The summed E-state index contributed by atoms with van der Waals surface area (Å²) in [6, 6.07) is 7.84. The van der Waals surface area contributed by atoms with E-state index in [4.69, 9.17) is 4.98 Å². The van der Waals surface area contributed by atoms with E-state index in [2.05, 4.69) is 25.7 Å². The molecular formula is C29H49N3O. The molecule has 2 aromatic rings. The molecule has 1 aromatic heterocycles. The van der Waals surface area contributed by atoms with Gasteiger partial charge in [-0.3, -0.25) is 9.36 Å². The Morgan fingerprint density at radius 2 is 1.30 bits per heavy atom. The summed E-state index contributed by atoms with van der Waals surface area (Å²) in [6.45, 7) is 11.1. The lowest BCUT2D eigenvalue weighted by Crippen LogP contribution is -2.29. The summed E-state index contributed by atoms with van der Waals surface area (Å²) in [7, 11) is 0. The van der Waals surface area contributed by atoms with Crippen molar-refractivity contribution in [2.75, 3.05) is 19.6 Å². The highest BCUT2D eigenvalue weighted by atomic mass is 16.1. The van der Waals surface area contributed by atoms with Crippen molar-refractivity contribution in [3.63, 3.8) is 0 Å². The van der Waals surface area contributed by atoms with E-state index >= 15 is 0 Å². The zero-order chi connectivity index (χ0) is 23.7. The summed E-state index contributed by atoms with van der Waals surface area (Å²) >= 11 is 0. The molecule has 0 bridgehead atoms. The first-order chi connectivity index (χ1) is 16.2. The van der Waals surface area contributed by atoms with Crippen LogP contribution in [0, 0.1) is 0 Å². The van der Waals surface area contributed by atoms with Crippen molar-refractivity contribution in [3.05, 3.63) is 40.4 Å². The third-order valence-electron chi connectivity index (χ3n) is 6.71. The highest BCUT2D eigenvalue weighted by Gasteiger charge is 2.12. The molecule has 0 spiro atoms. The molecule has 1 heterocycles. The van der Waals surface area contributed by atoms with Crippen LogP contribution in [0.4, 0.5) is 0 Å². The second kappa shape index (κ2) is 16.9. The van der Waals surface area contributed by atoms with Gasteiger partial charge in [0.2, 0.25) is 0 Å². The molecule has 4 nitrogen and oxygen atoms in total. The summed E-state index contributed by atoms with van der Waals surface area (Å²) in [5.74, 6) is 0.979. The second-order valence-corrected chi connectivity index (χ2v) is 9.63. The number of aromatic nitrogens is 2. The SMILES string of the molecule is CCCCCCCCCCn1c(CCCN(CCCC)CCCC)nc2ccccc2c1=O. The number of rotatable bonds is 19. The Hall–Kier alpha value is -1.68. The Morgan fingerprint density at radius 3 is 1.97 bits per heavy atom. The quantitative estimate of drug-likeness (QED) is 0.207. The van der Waals surface area contributed by atoms with Crippen LogP contribution < -0.4 is 5.56 Å². The van der Waals surface area contributed by atoms with Gasteiger partial charge >= 0.3 is 0 Å². The van der Waals surface area contributed by atoms with Gasteiger partial charge in [-0.15, -0.1) is 0 Å². The molecule has 0 aliphatic rings. The number of para-hydroxylation sites is 1. The van der Waals surface area contributed by atoms with Crippen LogP contribution in [0.5, 0.6) is 0 Å². The molecule has 0 fully saturated rings. The molecule has 33 heavy (non-hydrogen) atoms. The van der Waals surface area contributed by atoms with Crippen LogP contribution in [0.15, 0.2) is 29.1 Å². The van der Waals surface area contributed by atoms with Gasteiger partial charge in [0.1, 0.15) is 5.82 Å².